The van der Waals surface area contributed by atoms with E-state index in [2.05, 4.69) is 21.3 Å². The van der Waals surface area contributed by atoms with Crippen LogP contribution in [0.15, 0.2) is 78.9 Å². The average molecular weight is 537 g/mol. The fraction of sp³-hybridized carbons (Fsp3) is 0.214. The van der Waals surface area contributed by atoms with Gasteiger partial charge < -0.3 is 26.0 Å². The number of benzene rings is 3. The van der Waals surface area contributed by atoms with Crippen LogP contribution in [0.3, 0.4) is 0 Å². The number of nitrogens with one attached hydrogen (secondary N) is 4. The van der Waals surface area contributed by atoms with E-state index < -0.39 is 29.9 Å². The third-order valence-electron chi connectivity index (χ3n) is 5.32. The highest BCUT2D eigenvalue weighted by atomic mass is 35.5. The fourth-order valence-corrected chi connectivity index (χ4v) is 3.75. The molecule has 0 bridgehead atoms. The van der Waals surface area contributed by atoms with E-state index in [-0.39, 0.29) is 25.1 Å². The van der Waals surface area contributed by atoms with Crippen LogP contribution in [0.25, 0.3) is 0 Å². The minimum atomic E-state index is -0.945. The average Bonchev–Trinajstić information content (AvgIpc) is 2.91. The predicted octanol–water partition coefficient (Wildman–Crippen LogP) is 3.68. The molecule has 0 aliphatic carbocycles. The predicted molar refractivity (Wildman–Crippen MR) is 145 cm³/mol. The summed E-state index contributed by atoms with van der Waals surface area (Å²) in [6.45, 7) is 1.82. The number of halogens is 1. The number of esters is 1. The first kappa shape index (κ1) is 28.2. The van der Waals surface area contributed by atoms with Crippen LogP contribution in [-0.2, 0) is 27.3 Å². The molecule has 4 amide bonds. The molecule has 0 aliphatic heterocycles. The monoisotopic (exact) mass is 536 g/mol. The summed E-state index contributed by atoms with van der Waals surface area (Å²) in [5, 5.41) is 11.1. The maximum Gasteiger partial charge on any atom is 0.328 e. The molecule has 0 saturated heterocycles. The normalized spacial score (nSPS) is 11.1. The second-order valence-electron chi connectivity index (χ2n) is 8.26. The molecule has 0 fully saturated rings. The van der Waals surface area contributed by atoms with E-state index in [1.165, 1.54) is 6.07 Å². The van der Waals surface area contributed by atoms with Crippen molar-refractivity contribution in [3.63, 3.8) is 0 Å². The molecule has 10 heteroatoms. The van der Waals surface area contributed by atoms with Crippen LogP contribution >= 0.6 is 11.6 Å². The highest BCUT2D eigenvalue weighted by molar-refractivity contribution is 6.30. The minimum absolute atomic E-state index is 0.159. The minimum Gasteiger partial charge on any atom is -0.464 e. The van der Waals surface area contributed by atoms with E-state index in [4.69, 9.17) is 16.3 Å². The highest BCUT2D eigenvalue weighted by Gasteiger charge is 2.23. The van der Waals surface area contributed by atoms with Crippen molar-refractivity contribution in [3.05, 3.63) is 101 Å². The van der Waals surface area contributed by atoms with Crippen molar-refractivity contribution >= 4 is 41.1 Å². The number of anilines is 1. The van der Waals surface area contributed by atoms with E-state index in [0.717, 1.165) is 11.1 Å². The number of rotatable bonds is 11. The van der Waals surface area contributed by atoms with E-state index in [0.29, 0.717) is 17.3 Å². The van der Waals surface area contributed by atoms with Crippen molar-refractivity contribution in [2.45, 2.75) is 25.9 Å². The number of hydrogen-bond donors (Lipinski definition) is 4. The van der Waals surface area contributed by atoms with Gasteiger partial charge in [-0.15, -0.1) is 0 Å². The lowest BCUT2D eigenvalue weighted by molar-refractivity contribution is -0.147. The Hall–Kier alpha value is -4.37. The highest BCUT2D eigenvalue weighted by Crippen LogP contribution is 2.13. The van der Waals surface area contributed by atoms with Crippen molar-refractivity contribution in [1.29, 1.82) is 0 Å². The molecular weight excluding hydrogens is 508 g/mol. The van der Waals surface area contributed by atoms with Gasteiger partial charge in [0.25, 0.3) is 5.91 Å². The first-order valence-corrected chi connectivity index (χ1v) is 12.4. The van der Waals surface area contributed by atoms with Gasteiger partial charge in [0.1, 0.15) is 6.04 Å². The molecule has 3 aromatic carbocycles. The first-order valence-electron chi connectivity index (χ1n) is 12.0. The van der Waals surface area contributed by atoms with E-state index >= 15 is 0 Å². The fourth-order valence-electron chi connectivity index (χ4n) is 3.54. The summed E-state index contributed by atoms with van der Waals surface area (Å²) in [6.07, 6.45) is 0.180. The van der Waals surface area contributed by atoms with Gasteiger partial charge in [0.2, 0.25) is 5.91 Å². The molecule has 0 spiro atoms. The SMILES string of the molecule is CCOC(=O)C(Cc1cccc(Cl)c1)NC(=O)CNC(=O)c1cccc(NC(=O)NCc2ccccc2)c1. The van der Waals surface area contributed by atoms with Gasteiger partial charge in [-0.25, -0.2) is 9.59 Å². The Balaban J connectivity index is 1.52. The molecule has 9 nitrogen and oxygen atoms in total. The molecule has 38 heavy (non-hydrogen) atoms. The van der Waals surface area contributed by atoms with E-state index in [9.17, 15) is 19.2 Å². The Morgan fingerprint density at radius 3 is 2.34 bits per heavy atom. The van der Waals surface area contributed by atoms with Crippen LogP contribution in [0, 0.1) is 0 Å². The largest absolute Gasteiger partial charge is 0.464 e. The van der Waals surface area contributed by atoms with E-state index in [1.807, 2.05) is 30.3 Å². The summed E-state index contributed by atoms with van der Waals surface area (Å²) in [6, 6.07) is 21.3. The molecule has 3 aromatic rings. The number of amides is 4. The smallest absolute Gasteiger partial charge is 0.328 e. The zero-order chi connectivity index (χ0) is 27.3. The molecule has 198 valence electrons. The van der Waals surface area contributed by atoms with Crippen LogP contribution < -0.4 is 21.3 Å². The number of carbonyl (C=O) groups excluding carboxylic acids is 4. The van der Waals surface area contributed by atoms with Gasteiger partial charge in [-0.3, -0.25) is 9.59 Å². The summed E-state index contributed by atoms with van der Waals surface area (Å²) >= 11 is 6.02. The van der Waals surface area contributed by atoms with Crippen molar-refractivity contribution in [1.82, 2.24) is 16.0 Å². The summed E-state index contributed by atoms with van der Waals surface area (Å²) in [5.41, 5.74) is 2.36. The van der Waals surface area contributed by atoms with Crippen LogP contribution in [0.1, 0.15) is 28.4 Å². The van der Waals surface area contributed by atoms with Crippen LogP contribution in [0.4, 0.5) is 10.5 Å². The quantitative estimate of drug-likeness (QED) is 0.278. The zero-order valence-electron chi connectivity index (χ0n) is 20.8. The number of hydrogen-bond acceptors (Lipinski definition) is 5. The summed E-state index contributed by atoms with van der Waals surface area (Å²) in [7, 11) is 0. The summed E-state index contributed by atoms with van der Waals surface area (Å²) in [5.74, 6) is -1.67. The number of carbonyl (C=O) groups is 4. The van der Waals surface area contributed by atoms with Crippen LogP contribution in [-0.4, -0.2) is 43.0 Å². The van der Waals surface area contributed by atoms with Gasteiger partial charge in [-0.2, -0.15) is 0 Å². The zero-order valence-corrected chi connectivity index (χ0v) is 21.6. The lowest BCUT2D eigenvalue weighted by Gasteiger charge is -2.18. The number of urea groups is 1. The standard InChI is InChI=1S/C28H29ClN4O5/c1-2-38-27(36)24(15-20-10-6-12-22(29)14-20)33-25(34)18-30-26(35)21-11-7-13-23(16-21)32-28(37)31-17-19-8-4-3-5-9-19/h3-14,16,24H,2,15,17-18H2,1H3,(H,30,35)(H,33,34)(H2,31,32,37). The lowest BCUT2D eigenvalue weighted by atomic mass is 10.1. The molecule has 0 radical (unpaired) electrons. The molecular formula is C28H29ClN4O5. The Morgan fingerprint density at radius 1 is 0.868 bits per heavy atom. The Morgan fingerprint density at radius 2 is 1.61 bits per heavy atom. The molecule has 4 N–H and O–H groups in total. The molecule has 0 aromatic heterocycles. The number of ether oxygens (including phenoxy) is 1. The third-order valence-corrected chi connectivity index (χ3v) is 5.56. The topological polar surface area (TPSA) is 126 Å². The van der Waals surface area contributed by atoms with Gasteiger partial charge in [-0.1, -0.05) is 60.1 Å². The van der Waals surface area contributed by atoms with Crippen molar-refractivity contribution in [3.8, 4) is 0 Å². The summed E-state index contributed by atoms with van der Waals surface area (Å²) in [4.78, 5) is 49.8. The van der Waals surface area contributed by atoms with Crippen molar-refractivity contribution in [2.75, 3.05) is 18.5 Å². The Labute approximate surface area is 225 Å². The third kappa shape index (κ3) is 9.25. The molecule has 0 aliphatic rings. The first-order chi connectivity index (χ1) is 18.3. The van der Waals surface area contributed by atoms with Gasteiger partial charge in [-0.05, 0) is 48.4 Å². The van der Waals surface area contributed by atoms with Crippen molar-refractivity contribution in [2.24, 2.45) is 0 Å². The Bertz CT molecular complexity index is 1270. The van der Waals surface area contributed by atoms with Gasteiger partial charge >= 0.3 is 12.0 Å². The van der Waals surface area contributed by atoms with E-state index in [1.54, 1.807) is 49.4 Å². The van der Waals surface area contributed by atoms with Crippen LogP contribution in [0.2, 0.25) is 5.02 Å². The lowest BCUT2D eigenvalue weighted by Crippen LogP contribution is -2.47. The molecule has 0 heterocycles. The van der Waals surface area contributed by atoms with Gasteiger partial charge in [0.15, 0.2) is 0 Å². The Kier molecular flexibility index (Phi) is 10.7. The molecule has 1 unspecified atom stereocenters. The molecule has 3 rings (SSSR count). The molecule has 1 atom stereocenters. The summed E-state index contributed by atoms with van der Waals surface area (Å²) < 4.78 is 5.08. The van der Waals surface area contributed by atoms with Crippen LogP contribution in [0.5, 0.6) is 0 Å². The second kappa shape index (κ2) is 14.4. The second-order valence-corrected chi connectivity index (χ2v) is 8.70. The maximum atomic E-state index is 12.6. The van der Waals surface area contributed by atoms with Gasteiger partial charge in [0, 0.05) is 29.2 Å². The van der Waals surface area contributed by atoms with Crippen molar-refractivity contribution < 1.29 is 23.9 Å². The van der Waals surface area contributed by atoms with Gasteiger partial charge in [0.05, 0.1) is 13.2 Å². The maximum absolute atomic E-state index is 12.6. The molecule has 0 saturated carbocycles.